The highest BCUT2D eigenvalue weighted by Gasteiger charge is 2.18. The molecule has 5 nitrogen and oxygen atoms in total. The molecule has 2 aromatic heterocycles. The SMILES string of the molecule is CCN(C(=O)c1cncn1C)c1cccnc1. The van der Waals surface area contributed by atoms with Crippen LogP contribution in [-0.4, -0.2) is 27.0 Å². The molecule has 0 N–H and O–H groups in total. The van der Waals surface area contributed by atoms with Crippen molar-refractivity contribution in [2.45, 2.75) is 6.92 Å². The Morgan fingerprint density at radius 1 is 1.41 bits per heavy atom. The Balaban J connectivity index is 2.32. The normalized spacial score (nSPS) is 10.2. The van der Waals surface area contributed by atoms with Crippen molar-refractivity contribution >= 4 is 11.6 Å². The number of imidazole rings is 1. The third-order valence-electron chi connectivity index (χ3n) is 2.55. The molecular weight excluding hydrogens is 216 g/mol. The van der Waals surface area contributed by atoms with Gasteiger partial charge in [0.05, 0.1) is 24.4 Å². The van der Waals surface area contributed by atoms with E-state index in [9.17, 15) is 4.79 Å². The summed E-state index contributed by atoms with van der Waals surface area (Å²) >= 11 is 0. The van der Waals surface area contributed by atoms with Gasteiger partial charge in [0.15, 0.2) is 0 Å². The molecule has 2 rings (SSSR count). The fourth-order valence-corrected chi connectivity index (χ4v) is 1.66. The number of nitrogens with zero attached hydrogens (tertiary/aromatic N) is 4. The van der Waals surface area contributed by atoms with E-state index in [2.05, 4.69) is 9.97 Å². The number of pyridine rings is 1. The van der Waals surface area contributed by atoms with Crippen molar-refractivity contribution in [1.29, 1.82) is 0 Å². The van der Waals surface area contributed by atoms with Gasteiger partial charge in [0.2, 0.25) is 0 Å². The van der Waals surface area contributed by atoms with Crippen LogP contribution < -0.4 is 4.90 Å². The van der Waals surface area contributed by atoms with Crippen LogP contribution >= 0.6 is 0 Å². The van der Waals surface area contributed by atoms with Crippen LogP contribution in [0.4, 0.5) is 5.69 Å². The van der Waals surface area contributed by atoms with Crippen LogP contribution in [0.3, 0.4) is 0 Å². The van der Waals surface area contributed by atoms with E-state index >= 15 is 0 Å². The van der Waals surface area contributed by atoms with Crippen molar-refractivity contribution in [2.24, 2.45) is 7.05 Å². The first kappa shape index (κ1) is 11.3. The van der Waals surface area contributed by atoms with E-state index in [1.54, 1.807) is 41.4 Å². The summed E-state index contributed by atoms with van der Waals surface area (Å²) in [6.45, 7) is 2.52. The third-order valence-corrected chi connectivity index (χ3v) is 2.55. The Labute approximate surface area is 99.7 Å². The standard InChI is InChI=1S/C12H14N4O/c1-3-16(10-5-4-6-13-7-10)12(17)11-8-14-9-15(11)2/h4-9H,3H2,1-2H3. The van der Waals surface area contributed by atoms with Gasteiger partial charge in [-0.15, -0.1) is 0 Å². The van der Waals surface area contributed by atoms with E-state index in [4.69, 9.17) is 0 Å². The van der Waals surface area contributed by atoms with Gasteiger partial charge in [-0.25, -0.2) is 4.98 Å². The second-order valence-corrected chi connectivity index (χ2v) is 3.65. The molecular formula is C12H14N4O. The van der Waals surface area contributed by atoms with Crippen LogP contribution in [0.1, 0.15) is 17.4 Å². The van der Waals surface area contributed by atoms with Gasteiger partial charge in [0.25, 0.3) is 5.91 Å². The van der Waals surface area contributed by atoms with Gasteiger partial charge in [0, 0.05) is 19.8 Å². The highest BCUT2D eigenvalue weighted by atomic mass is 16.2. The number of hydrogen-bond acceptors (Lipinski definition) is 3. The van der Waals surface area contributed by atoms with Gasteiger partial charge in [0.1, 0.15) is 5.69 Å². The topological polar surface area (TPSA) is 51.0 Å². The Bertz CT molecular complexity index is 506. The minimum atomic E-state index is -0.0690. The van der Waals surface area contributed by atoms with Gasteiger partial charge in [-0.1, -0.05) is 0 Å². The highest BCUT2D eigenvalue weighted by Crippen LogP contribution is 2.14. The smallest absolute Gasteiger partial charge is 0.276 e. The summed E-state index contributed by atoms with van der Waals surface area (Å²) in [6.07, 6.45) is 6.55. The number of carbonyl (C=O) groups is 1. The lowest BCUT2D eigenvalue weighted by molar-refractivity contribution is 0.0980. The largest absolute Gasteiger partial charge is 0.330 e. The van der Waals surface area contributed by atoms with Crippen LogP contribution in [0.15, 0.2) is 37.1 Å². The van der Waals surface area contributed by atoms with Crippen molar-refractivity contribution in [3.05, 3.63) is 42.7 Å². The number of amides is 1. The van der Waals surface area contributed by atoms with E-state index in [0.717, 1.165) is 5.69 Å². The fourth-order valence-electron chi connectivity index (χ4n) is 1.66. The molecule has 0 spiro atoms. The minimum absolute atomic E-state index is 0.0690. The molecule has 0 radical (unpaired) electrons. The van der Waals surface area contributed by atoms with Gasteiger partial charge in [-0.3, -0.25) is 9.78 Å². The first-order valence-corrected chi connectivity index (χ1v) is 5.42. The van der Waals surface area contributed by atoms with Crippen LogP contribution in [0, 0.1) is 0 Å². The summed E-state index contributed by atoms with van der Waals surface area (Å²) in [7, 11) is 1.80. The zero-order valence-electron chi connectivity index (χ0n) is 9.87. The first-order chi connectivity index (χ1) is 8.24. The van der Waals surface area contributed by atoms with Gasteiger partial charge in [-0.05, 0) is 19.1 Å². The van der Waals surface area contributed by atoms with Crippen LogP contribution in [0.2, 0.25) is 0 Å². The van der Waals surface area contributed by atoms with Gasteiger partial charge < -0.3 is 9.47 Å². The molecule has 0 aromatic carbocycles. The maximum atomic E-state index is 12.3. The second-order valence-electron chi connectivity index (χ2n) is 3.65. The predicted molar refractivity (Wildman–Crippen MR) is 64.8 cm³/mol. The quantitative estimate of drug-likeness (QED) is 0.802. The molecule has 2 heterocycles. The molecule has 88 valence electrons. The van der Waals surface area contributed by atoms with Crippen molar-refractivity contribution < 1.29 is 4.79 Å². The molecule has 0 aliphatic rings. The average Bonchev–Trinajstić information content (AvgIpc) is 2.77. The van der Waals surface area contributed by atoms with E-state index in [1.807, 2.05) is 19.1 Å². The van der Waals surface area contributed by atoms with Crippen LogP contribution in [-0.2, 0) is 7.05 Å². The predicted octanol–water partition coefficient (Wildman–Crippen LogP) is 1.48. The summed E-state index contributed by atoms with van der Waals surface area (Å²) in [5.41, 5.74) is 1.36. The van der Waals surface area contributed by atoms with Crippen LogP contribution in [0.5, 0.6) is 0 Å². The van der Waals surface area contributed by atoms with Crippen molar-refractivity contribution in [2.75, 3.05) is 11.4 Å². The van der Waals surface area contributed by atoms with Crippen LogP contribution in [0.25, 0.3) is 0 Å². The first-order valence-electron chi connectivity index (χ1n) is 5.42. The summed E-state index contributed by atoms with van der Waals surface area (Å²) in [5, 5.41) is 0. The zero-order chi connectivity index (χ0) is 12.3. The minimum Gasteiger partial charge on any atom is -0.330 e. The molecule has 0 unspecified atom stereocenters. The maximum absolute atomic E-state index is 12.3. The Morgan fingerprint density at radius 3 is 2.76 bits per heavy atom. The molecule has 0 saturated heterocycles. The summed E-state index contributed by atoms with van der Waals surface area (Å²) < 4.78 is 1.71. The number of carbonyl (C=O) groups excluding carboxylic acids is 1. The fraction of sp³-hybridized carbons (Fsp3) is 0.250. The van der Waals surface area contributed by atoms with Crippen molar-refractivity contribution in [1.82, 2.24) is 14.5 Å². The molecule has 1 amide bonds. The molecule has 0 bridgehead atoms. The highest BCUT2D eigenvalue weighted by molar-refractivity contribution is 6.04. The van der Waals surface area contributed by atoms with E-state index in [-0.39, 0.29) is 5.91 Å². The molecule has 5 heteroatoms. The number of aromatic nitrogens is 3. The summed E-state index contributed by atoms with van der Waals surface area (Å²) in [5.74, 6) is -0.0690. The average molecular weight is 230 g/mol. The molecule has 0 aliphatic carbocycles. The Kier molecular flexibility index (Phi) is 3.18. The lowest BCUT2D eigenvalue weighted by atomic mass is 10.3. The van der Waals surface area contributed by atoms with E-state index in [0.29, 0.717) is 12.2 Å². The maximum Gasteiger partial charge on any atom is 0.276 e. The molecule has 0 atom stereocenters. The number of aryl methyl sites for hydroxylation is 1. The van der Waals surface area contributed by atoms with Crippen molar-refractivity contribution in [3.8, 4) is 0 Å². The number of anilines is 1. The Morgan fingerprint density at radius 2 is 2.24 bits per heavy atom. The van der Waals surface area contributed by atoms with Gasteiger partial charge >= 0.3 is 0 Å². The molecule has 0 saturated carbocycles. The third kappa shape index (κ3) is 2.18. The van der Waals surface area contributed by atoms with E-state index < -0.39 is 0 Å². The monoisotopic (exact) mass is 230 g/mol. The Hall–Kier alpha value is -2.17. The molecule has 17 heavy (non-hydrogen) atoms. The van der Waals surface area contributed by atoms with Gasteiger partial charge in [-0.2, -0.15) is 0 Å². The van der Waals surface area contributed by atoms with Crippen molar-refractivity contribution in [3.63, 3.8) is 0 Å². The summed E-state index contributed by atoms with van der Waals surface area (Å²) in [4.78, 5) is 21.9. The molecule has 0 aliphatic heterocycles. The number of rotatable bonds is 3. The second kappa shape index (κ2) is 4.78. The molecule has 0 fully saturated rings. The lowest BCUT2D eigenvalue weighted by Gasteiger charge is -2.20. The lowest BCUT2D eigenvalue weighted by Crippen LogP contribution is -2.32. The van der Waals surface area contributed by atoms with E-state index in [1.165, 1.54) is 0 Å². The summed E-state index contributed by atoms with van der Waals surface area (Å²) in [6, 6.07) is 3.68. The number of hydrogen-bond donors (Lipinski definition) is 0. The molecule has 2 aromatic rings. The zero-order valence-corrected chi connectivity index (χ0v) is 9.87.